The molecule has 0 amide bonds. The van der Waals surface area contributed by atoms with Gasteiger partial charge in [-0.3, -0.25) is 0 Å². The SMILES string of the molecule is C=C1C(C(O)C[C@H](C)C2O[C@@]3(CCCCO3)CCC2C)O[C@@H]2CCC3(CCC(/C=C/[C@@H](C)C4CC(C)=CC5(O4)O[C@H](C[C@](C)(O)C(=O)O)CCC5O)O3)OC2[C@@H]1O. The van der Waals surface area contributed by atoms with E-state index >= 15 is 0 Å². The van der Waals surface area contributed by atoms with Gasteiger partial charge in [0.25, 0.3) is 0 Å². The van der Waals surface area contributed by atoms with Gasteiger partial charge in [0, 0.05) is 38.0 Å². The van der Waals surface area contributed by atoms with Crippen LogP contribution in [-0.4, -0.2) is 122 Å². The van der Waals surface area contributed by atoms with Crippen LogP contribution < -0.4 is 0 Å². The number of rotatable bonds is 10. The standard InChI is InChI=1S/C44H68O13/c1-25-21-34(55-44(23-25)35(46)12-11-31(54-44)24-41(6,50)40(48)49)26(2)9-10-30-14-18-43(53-30)19-15-33-39(57-43)36(47)29(5)38(52-33)32(45)22-28(4)37-27(3)13-17-42(56-37)16-7-8-20-51-42/h9-10,23,26-28,30-39,45-47,50H,5,7-8,11-22,24H2,1-4,6H3,(H,48,49)/b10-9+/t26-,27?,28+,30?,31+,32?,33-,34?,35?,36-,37?,38?,39?,41+,42+,43?,44?/m1/s1. The summed E-state index contributed by atoms with van der Waals surface area (Å²) in [6, 6.07) is 0. The lowest BCUT2D eigenvalue weighted by Crippen LogP contribution is -2.60. The molecule has 0 bridgehead atoms. The van der Waals surface area contributed by atoms with Crippen LogP contribution in [0.5, 0.6) is 0 Å². The molecule has 6 fully saturated rings. The average Bonchev–Trinajstić information content (AvgIpc) is 3.56. The largest absolute Gasteiger partial charge is 0.479 e. The summed E-state index contributed by atoms with van der Waals surface area (Å²) in [5.74, 6) is -3.82. The molecule has 0 aliphatic carbocycles. The number of carboxylic acids is 1. The van der Waals surface area contributed by atoms with E-state index in [0.717, 1.165) is 50.7 Å². The predicted octanol–water partition coefficient (Wildman–Crippen LogP) is 5.21. The Labute approximate surface area is 337 Å². The molecule has 3 spiro atoms. The van der Waals surface area contributed by atoms with Crippen LogP contribution in [0.15, 0.2) is 36.0 Å². The number of hydrogen-bond donors (Lipinski definition) is 5. The van der Waals surface area contributed by atoms with E-state index in [1.54, 1.807) is 6.08 Å². The molecule has 13 nitrogen and oxygen atoms in total. The first kappa shape index (κ1) is 43.3. The highest BCUT2D eigenvalue weighted by atomic mass is 16.7. The Bertz CT molecular complexity index is 1510. The van der Waals surface area contributed by atoms with E-state index in [-0.39, 0.29) is 36.6 Å². The van der Waals surface area contributed by atoms with Gasteiger partial charge in [0.2, 0.25) is 5.79 Å². The maximum Gasteiger partial charge on any atom is 0.335 e. The lowest BCUT2D eigenvalue weighted by atomic mass is 9.79. The van der Waals surface area contributed by atoms with Crippen LogP contribution in [0.4, 0.5) is 0 Å². The fraction of sp³-hybridized carbons (Fsp3) is 0.841. The van der Waals surface area contributed by atoms with Crippen LogP contribution >= 0.6 is 0 Å². The number of fused-ring (bicyclic) bond motifs is 1. The van der Waals surface area contributed by atoms with E-state index in [0.29, 0.717) is 56.4 Å². The molecule has 0 radical (unpaired) electrons. The smallest absolute Gasteiger partial charge is 0.335 e. The molecule has 0 saturated carbocycles. The van der Waals surface area contributed by atoms with Crippen molar-refractivity contribution in [1.29, 1.82) is 0 Å². The topological polar surface area (TPSA) is 183 Å². The van der Waals surface area contributed by atoms with Gasteiger partial charge in [0.05, 0.1) is 43.2 Å². The summed E-state index contributed by atoms with van der Waals surface area (Å²) in [5, 5.41) is 54.0. The number of carboxylic acid groups (broad SMARTS) is 1. The molecule has 6 saturated heterocycles. The Morgan fingerprint density at radius 1 is 1.00 bits per heavy atom. The fourth-order valence-electron chi connectivity index (χ4n) is 10.5. The summed E-state index contributed by atoms with van der Waals surface area (Å²) in [5.41, 5.74) is -0.551. The number of aliphatic hydroxyl groups excluding tert-OH is 3. The van der Waals surface area contributed by atoms with Gasteiger partial charge < -0.3 is 58.7 Å². The molecule has 5 N–H and O–H groups in total. The van der Waals surface area contributed by atoms with Crippen molar-refractivity contribution in [3.8, 4) is 0 Å². The van der Waals surface area contributed by atoms with E-state index in [2.05, 4.69) is 26.5 Å². The third kappa shape index (κ3) is 9.15. The Balaban J connectivity index is 0.920. The summed E-state index contributed by atoms with van der Waals surface area (Å²) < 4.78 is 45.2. The van der Waals surface area contributed by atoms with Gasteiger partial charge in [-0.1, -0.05) is 45.1 Å². The maximum atomic E-state index is 11.6. The lowest BCUT2D eigenvalue weighted by molar-refractivity contribution is -0.321. The summed E-state index contributed by atoms with van der Waals surface area (Å²) in [6.07, 6.45) is 9.37. The zero-order chi connectivity index (χ0) is 40.9. The molecule has 10 unspecified atom stereocenters. The molecule has 0 aromatic carbocycles. The first-order valence-electron chi connectivity index (χ1n) is 21.7. The summed E-state index contributed by atoms with van der Waals surface area (Å²) in [6.45, 7) is 14.5. The van der Waals surface area contributed by atoms with Crippen molar-refractivity contribution in [3.63, 3.8) is 0 Å². The number of ether oxygens (including phenoxy) is 7. The van der Waals surface area contributed by atoms with E-state index < -0.39 is 71.7 Å². The number of aliphatic hydroxyl groups is 4. The van der Waals surface area contributed by atoms with Gasteiger partial charge in [0.1, 0.15) is 24.4 Å². The molecular weight excluding hydrogens is 736 g/mol. The van der Waals surface area contributed by atoms with Crippen molar-refractivity contribution in [2.75, 3.05) is 6.61 Å². The van der Waals surface area contributed by atoms with Gasteiger partial charge in [0.15, 0.2) is 17.2 Å². The first-order valence-corrected chi connectivity index (χ1v) is 21.7. The van der Waals surface area contributed by atoms with Crippen molar-refractivity contribution in [1.82, 2.24) is 0 Å². The molecular formula is C44H68O13. The Morgan fingerprint density at radius 3 is 2.49 bits per heavy atom. The molecule has 322 valence electrons. The second kappa shape index (κ2) is 17.0. The zero-order valence-corrected chi connectivity index (χ0v) is 34.6. The molecule has 7 aliphatic rings. The van der Waals surface area contributed by atoms with Gasteiger partial charge in [-0.2, -0.15) is 0 Å². The van der Waals surface area contributed by atoms with Crippen molar-refractivity contribution >= 4 is 5.97 Å². The van der Waals surface area contributed by atoms with Crippen molar-refractivity contribution < 1.29 is 63.5 Å². The highest BCUT2D eigenvalue weighted by Gasteiger charge is 2.55. The molecule has 0 aromatic heterocycles. The second-order valence-electron chi connectivity index (χ2n) is 18.9. The van der Waals surface area contributed by atoms with Crippen LogP contribution in [0.1, 0.15) is 125 Å². The van der Waals surface area contributed by atoms with Crippen molar-refractivity contribution in [3.05, 3.63) is 36.0 Å². The molecule has 7 heterocycles. The minimum Gasteiger partial charge on any atom is -0.479 e. The van der Waals surface area contributed by atoms with Crippen molar-refractivity contribution in [2.24, 2.45) is 17.8 Å². The zero-order valence-electron chi connectivity index (χ0n) is 34.6. The Hall–Kier alpha value is -1.75. The van der Waals surface area contributed by atoms with E-state index in [9.17, 15) is 30.3 Å². The van der Waals surface area contributed by atoms with E-state index in [1.165, 1.54) is 6.92 Å². The average molecular weight is 805 g/mol. The van der Waals surface area contributed by atoms with Crippen LogP contribution in [0, 0.1) is 17.8 Å². The van der Waals surface area contributed by atoms with Crippen LogP contribution in [0.3, 0.4) is 0 Å². The number of aliphatic carboxylic acids is 1. The Kier molecular flexibility index (Phi) is 12.9. The van der Waals surface area contributed by atoms with Gasteiger partial charge in [-0.15, -0.1) is 0 Å². The predicted molar refractivity (Wildman–Crippen MR) is 208 cm³/mol. The molecule has 17 atom stereocenters. The second-order valence-corrected chi connectivity index (χ2v) is 18.9. The summed E-state index contributed by atoms with van der Waals surface area (Å²) in [7, 11) is 0. The molecule has 7 rings (SSSR count). The highest BCUT2D eigenvalue weighted by molar-refractivity contribution is 5.76. The minimum atomic E-state index is -1.96. The van der Waals surface area contributed by atoms with Crippen LogP contribution in [0.2, 0.25) is 0 Å². The van der Waals surface area contributed by atoms with Crippen molar-refractivity contribution in [2.45, 2.75) is 209 Å². The summed E-state index contributed by atoms with van der Waals surface area (Å²) in [4.78, 5) is 11.6. The van der Waals surface area contributed by atoms with Gasteiger partial charge >= 0.3 is 5.97 Å². The third-order valence-corrected chi connectivity index (χ3v) is 14.0. The number of carbonyl (C=O) groups is 1. The molecule has 0 aromatic rings. The first-order chi connectivity index (χ1) is 26.9. The quantitative estimate of drug-likeness (QED) is 0.182. The van der Waals surface area contributed by atoms with Crippen LogP contribution in [-0.2, 0) is 38.0 Å². The maximum absolute atomic E-state index is 11.6. The van der Waals surface area contributed by atoms with Gasteiger partial charge in [-0.05, 0) is 95.1 Å². The third-order valence-electron chi connectivity index (χ3n) is 14.0. The molecule has 7 aliphatic heterocycles. The van der Waals surface area contributed by atoms with E-state index in [1.807, 2.05) is 19.9 Å². The molecule has 13 heteroatoms. The molecule has 57 heavy (non-hydrogen) atoms. The fourth-order valence-corrected chi connectivity index (χ4v) is 10.5. The Morgan fingerprint density at radius 2 is 1.75 bits per heavy atom. The highest BCUT2D eigenvalue weighted by Crippen LogP contribution is 2.47. The lowest BCUT2D eigenvalue weighted by Gasteiger charge is -2.50. The normalized spacial score (nSPS) is 45.4. The van der Waals surface area contributed by atoms with Crippen LogP contribution in [0.25, 0.3) is 0 Å². The monoisotopic (exact) mass is 804 g/mol. The minimum absolute atomic E-state index is 0.0423. The number of hydrogen-bond acceptors (Lipinski definition) is 12. The summed E-state index contributed by atoms with van der Waals surface area (Å²) >= 11 is 0. The van der Waals surface area contributed by atoms with E-state index in [4.69, 9.17) is 33.2 Å². The van der Waals surface area contributed by atoms with Gasteiger partial charge in [-0.25, -0.2) is 4.79 Å².